The Morgan fingerprint density at radius 3 is 2.58 bits per heavy atom. The van der Waals surface area contributed by atoms with Crippen LogP contribution in [0.3, 0.4) is 0 Å². The lowest BCUT2D eigenvalue weighted by Gasteiger charge is -2.34. The van der Waals surface area contributed by atoms with Gasteiger partial charge in [-0.05, 0) is 32.5 Å². The number of nitro groups is 1. The minimum atomic E-state index is -0.449. The molecular weight excluding hydrogens is 310 g/mol. The fourth-order valence-corrected chi connectivity index (χ4v) is 2.75. The van der Waals surface area contributed by atoms with Crippen LogP contribution >= 0.6 is 0 Å². The van der Waals surface area contributed by atoms with Gasteiger partial charge in [0.2, 0.25) is 0 Å². The van der Waals surface area contributed by atoms with Gasteiger partial charge in [0.1, 0.15) is 0 Å². The van der Waals surface area contributed by atoms with Crippen LogP contribution in [0.2, 0.25) is 0 Å². The molecule has 0 bridgehead atoms. The van der Waals surface area contributed by atoms with Crippen LogP contribution < -0.4 is 10.6 Å². The third-order valence-electron chi connectivity index (χ3n) is 4.17. The molecule has 1 aliphatic rings. The van der Waals surface area contributed by atoms with Gasteiger partial charge in [-0.1, -0.05) is 0 Å². The number of non-ortho nitro benzene ring substituents is 1. The fraction of sp³-hybridized carbons (Fsp3) is 0.562. The number of likely N-dealkylation sites (N-methyl/N-ethyl adjacent to an activating group) is 1. The van der Waals surface area contributed by atoms with E-state index in [4.69, 9.17) is 0 Å². The molecule has 0 unspecified atom stereocenters. The first-order valence-corrected chi connectivity index (χ1v) is 8.08. The van der Waals surface area contributed by atoms with E-state index in [1.54, 1.807) is 13.0 Å². The second-order valence-corrected chi connectivity index (χ2v) is 6.36. The molecule has 1 aliphatic heterocycles. The molecule has 0 spiro atoms. The number of urea groups is 1. The summed E-state index contributed by atoms with van der Waals surface area (Å²) in [4.78, 5) is 27.0. The second-order valence-electron chi connectivity index (χ2n) is 6.36. The lowest BCUT2D eigenvalue weighted by atomic mass is 10.2. The number of nitrogens with one attached hydrogen (secondary N) is 2. The van der Waals surface area contributed by atoms with Crippen molar-refractivity contribution in [3.63, 3.8) is 0 Å². The fourth-order valence-electron chi connectivity index (χ4n) is 2.75. The molecule has 1 fully saturated rings. The van der Waals surface area contributed by atoms with E-state index in [0.717, 1.165) is 32.7 Å². The monoisotopic (exact) mass is 335 g/mol. The number of carbonyl (C=O) groups is 1. The first-order chi connectivity index (χ1) is 11.3. The molecule has 0 aliphatic carbocycles. The predicted molar refractivity (Wildman–Crippen MR) is 93.4 cm³/mol. The summed E-state index contributed by atoms with van der Waals surface area (Å²) in [5, 5.41) is 16.4. The van der Waals surface area contributed by atoms with Crippen molar-refractivity contribution in [2.24, 2.45) is 0 Å². The average molecular weight is 335 g/mol. The van der Waals surface area contributed by atoms with Gasteiger partial charge in [0.25, 0.3) is 5.69 Å². The van der Waals surface area contributed by atoms with Crippen LogP contribution in [0, 0.1) is 17.0 Å². The number of aryl methyl sites for hydroxylation is 1. The molecular formula is C16H25N5O3. The zero-order chi connectivity index (χ0) is 17.7. The quantitative estimate of drug-likeness (QED) is 0.631. The molecule has 8 nitrogen and oxygen atoms in total. The number of anilines is 1. The van der Waals surface area contributed by atoms with Gasteiger partial charge in [-0.25, -0.2) is 4.79 Å². The van der Waals surface area contributed by atoms with Crippen molar-refractivity contribution in [3.05, 3.63) is 33.9 Å². The van der Waals surface area contributed by atoms with Crippen molar-refractivity contribution in [1.29, 1.82) is 0 Å². The Hall–Kier alpha value is -2.19. The second kappa shape index (κ2) is 8.07. The van der Waals surface area contributed by atoms with E-state index in [1.807, 2.05) is 6.92 Å². The SMILES string of the molecule is Cc1cc([N+](=O)[O-])ccc1NC(=O)N[C@H](C)CN1CCN(C)CC1. The normalized spacial score (nSPS) is 17.3. The van der Waals surface area contributed by atoms with E-state index in [1.165, 1.54) is 12.1 Å². The van der Waals surface area contributed by atoms with Gasteiger partial charge >= 0.3 is 6.03 Å². The van der Waals surface area contributed by atoms with Gasteiger partial charge < -0.3 is 15.5 Å². The van der Waals surface area contributed by atoms with Gasteiger partial charge in [-0.2, -0.15) is 0 Å². The Kier molecular flexibility index (Phi) is 6.10. The van der Waals surface area contributed by atoms with E-state index in [-0.39, 0.29) is 17.8 Å². The number of hydrogen-bond acceptors (Lipinski definition) is 5. The zero-order valence-corrected chi connectivity index (χ0v) is 14.4. The Balaban J connectivity index is 1.83. The summed E-state index contributed by atoms with van der Waals surface area (Å²) >= 11 is 0. The molecule has 1 aromatic rings. The maximum atomic E-state index is 12.1. The number of piperazine rings is 1. The van der Waals surface area contributed by atoms with Crippen LogP contribution in [0.5, 0.6) is 0 Å². The third-order valence-corrected chi connectivity index (χ3v) is 4.17. The minimum Gasteiger partial charge on any atom is -0.334 e. The first-order valence-electron chi connectivity index (χ1n) is 8.08. The van der Waals surface area contributed by atoms with E-state index in [2.05, 4.69) is 27.5 Å². The molecule has 1 aromatic carbocycles. The zero-order valence-electron chi connectivity index (χ0n) is 14.4. The van der Waals surface area contributed by atoms with Crippen molar-refractivity contribution in [2.75, 3.05) is 45.1 Å². The minimum absolute atomic E-state index is 0.0156. The van der Waals surface area contributed by atoms with Crippen molar-refractivity contribution in [1.82, 2.24) is 15.1 Å². The molecule has 1 heterocycles. The number of benzene rings is 1. The van der Waals surface area contributed by atoms with E-state index in [9.17, 15) is 14.9 Å². The van der Waals surface area contributed by atoms with Gasteiger partial charge in [-0.15, -0.1) is 0 Å². The Morgan fingerprint density at radius 1 is 1.33 bits per heavy atom. The topological polar surface area (TPSA) is 90.8 Å². The summed E-state index contributed by atoms with van der Waals surface area (Å²) in [6, 6.07) is 4.11. The van der Waals surface area contributed by atoms with Gasteiger partial charge in [0.15, 0.2) is 0 Å². The van der Waals surface area contributed by atoms with E-state index < -0.39 is 4.92 Å². The molecule has 24 heavy (non-hydrogen) atoms. The molecule has 0 aromatic heterocycles. The summed E-state index contributed by atoms with van der Waals surface area (Å²) in [6.45, 7) is 8.61. The van der Waals surface area contributed by atoms with Crippen LogP contribution in [-0.4, -0.2) is 66.6 Å². The van der Waals surface area contributed by atoms with Crippen LogP contribution in [0.1, 0.15) is 12.5 Å². The molecule has 132 valence electrons. The maximum absolute atomic E-state index is 12.1. The Bertz CT molecular complexity index is 599. The lowest BCUT2D eigenvalue weighted by Crippen LogP contribution is -2.50. The smallest absolute Gasteiger partial charge is 0.319 e. The lowest BCUT2D eigenvalue weighted by molar-refractivity contribution is -0.384. The molecule has 1 saturated heterocycles. The first kappa shape index (κ1) is 18.2. The molecule has 2 N–H and O–H groups in total. The largest absolute Gasteiger partial charge is 0.334 e. The van der Waals surface area contributed by atoms with Gasteiger partial charge in [-0.3, -0.25) is 15.0 Å². The third kappa shape index (κ3) is 5.17. The summed E-state index contributed by atoms with van der Waals surface area (Å²) in [5.74, 6) is 0. The molecule has 2 rings (SSSR count). The van der Waals surface area contributed by atoms with Gasteiger partial charge in [0.05, 0.1) is 4.92 Å². The van der Waals surface area contributed by atoms with Crippen LogP contribution in [-0.2, 0) is 0 Å². The average Bonchev–Trinajstić information content (AvgIpc) is 2.51. The van der Waals surface area contributed by atoms with Crippen molar-refractivity contribution >= 4 is 17.4 Å². The number of nitrogens with zero attached hydrogens (tertiary/aromatic N) is 3. The van der Waals surface area contributed by atoms with Crippen LogP contribution in [0.25, 0.3) is 0 Å². The van der Waals surface area contributed by atoms with Crippen molar-refractivity contribution in [3.8, 4) is 0 Å². The molecule has 2 amide bonds. The molecule has 1 atom stereocenters. The standard InChI is InChI=1S/C16H25N5O3/c1-12-10-14(21(23)24)4-5-15(12)18-16(22)17-13(2)11-20-8-6-19(3)7-9-20/h4-5,10,13H,6-9,11H2,1-3H3,(H2,17,18,22)/t13-/m1/s1. The Morgan fingerprint density at radius 2 is 2.00 bits per heavy atom. The van der Waals surface area contributed by atoms with Crippen LogP contribution in [0.15, 0.2) is 18.2 Å². The number of rotatable bonds is 5. The highest BCUT2D eigenvalue weighted by Crippen LogP contribution is 2.21. The van der Waals surface area contributed by atoms with E-state index >= 15 is 0 Å². The van der Waals surface area contributed by atoms with E-state index in [0.29, 0.717) is 11.3 Å². The maximum Gasteiger partial charge on any atom is 0.319 e. The van der Waals surface area contributed by atoms with Crippen molar-refractivity contribution < 1.29 is 9.72 Å². The number of nitro benzene ring substituents is 1. The highest BCUT2D eigenvalue weighted by Gasteiger charge is 2.17. The number of hydrogen-bond donors (Lipinski definition) is 2. The predicted octanol–water partition coefficient (Wildman–Crippen LogP) is 1.66. The highest BCUT2D eigenvalue weighted by molar-refractivity contribution is 5.90. The number of amides is 2. The highest BCUT2D eigenvalue weighted by atomic mass is 16.6. The summed E-state index contributed by atoms with van der Waals surface area (Å²) in [5.41, 5.74) is 1.25. The Labute approximate surface area is 142 Å². The molecule has 0 radical (unpaired) electrons. The van der Waals surface area contributed by atoms with Gasteiger partial charge in [0, 0.05) is 56.6 Å². The molecule has 8 heteroatoms. The van der Waals surface area contributed by atoms with Crippen LogP contribution in [0.4, 0.5) is 16.2 Å². The van der Waals surface area contributed by atoms with Crippen molar-refractivity contribution in [2.45, 2.75) is 19.9 Å². The summed E-state index contributed by atoms with van der Waals surface area (Å²) in [6.07, 6.45) is 0. The summed E-state index contributed by atoms with van der Waals surface area (Å²) < 4.78 is 0. The summed E-state index contributed by atoms with van der Waals surface area (Å²) in [7, 11) is 2.11. The molecule has 0 saturated carbocycles. The number of carbonyl (C=O) groups excluding carboxylic acids is 1.